The summed E-state index contributed by atoms with van der Waals surface area (Å²) < 4.78 is 13.7. The predicted molar refractivity (Wildman–Crippen MR) is 85.0 cm³/mol. The minimum Gasteiger partial charge on any atom is -0.293 e. The Bertz CT molecular complexity index is 654. The van der Waals surface area contributed by atoms with E-state index in [0.29, 0.717) is 10.6 Å². The highest BCUT2D eigenvalue weighted by Crippen LogP contribution is 2.30. The number of aryl methyl sites for hydroxylation is 2. The maximum Gasteiger partial charge on any atom is 0.177 e. The summed E-state index contributed by atoms with van der Waals surface area (Å²) in [5, 5.41) is 0.459. The Labute approximate surface area is 132 Å². The number of carbonyl (C=O) groups is 1. The minimum absolute atomic E-state index is 0.0192. The van der Waals surface area contributed by atoms with Gasteiger partial charge in [0, 0.05) is 16.3 Å². The average Bonchev–Trinajstić information content (AvgIpc) is 2.74. The fourth-order valence-electron chi connectivity index (χ4n) is 2.74. The molecule has 0 radical (unpaired) electrons. The van der Waals surface area contributed by atoms with Gasteiger partial charge in [0.15, 0.2) is 5.78 Å². The molecule has 1 aliphatic rings. The second kappa shape index (κ2) is 6.29. The fraction of sp³-hybridized carbons (Fsp3) is 0.353. The zero-order valence-corrected chi connectivity index (χ0v) is 13.2. The lowest BCUT2D eigenvalue weighted by atomic mass is 10.1. The van der Waals surface area contributed by atoms with Crippen LogP contribution in [0.5, 0.6) is 0 Å². The number of thiophene rings is 1. The highest BCUT2D eigenvalue weighted by molar-refractivity contribution is 7.14. The smallest absolute Gasteiger partial charge is 0.177 e. The van der Waals surface area contributed by atoms with Gasteiger partial charge in [-0.15, -0.1) is 11.3 Å². The minimum atomic E-state index is -0.370. The third-order valence-electron chi connectivity index (χ3n) is 3.88. The van der Waals surface area contributed by atoms with Crippen molar-refractivity contribution in [3.8, 4) is 0 Å². The molecule has 1 heterocycles. The van der Waals surface area contributed by atoms with Crippen molar-refractivity contribution >= 4 is 28.7 Å². The van der Waals surface area contributed by atoms with Crippen LogP contribution in [0.15, 0.2) is 24.3 Å². The molecule has 21 heavy (non-hydrogen) atoms. The lowest BCUT2D eigenvalue weighted by Crippen LogP contribution is -2.03. The molecule has 0 bridgehead atoms. The van der Waals surface area contributed by atoms with Crippen molar-refractivity contribution in [1.29, 1.82) is 0 Å². The summed E-state index contributed by atoms with van der Waals surface area (Å²) >= 11 is 7.45. The van der Waals surface area contributed by atoms with Crippen LogP contribution in [-0.4, -0.2) is 5.78 Å². The van der Waals surface area contributed by atoms with Crippen LogP contribution in [0.25, 0.3) is 0 Å². The molecule has 0 N–H and O–H groups in total. The highest BCUT2D eigenvalue weighted by Gasteiger charge is 2.18. The molecular formula is C17H16ClFOS. The van der Waals surface area contributed by atoms with Crippen molar-refractivity contribution in [2.45, 2.75) is 38.5 Å². The molecule has 0 unspecified atom stereocenters. The molecule has 0 fully saturated rings. The number of fused-ring (bicyclic) bond motifs is 1. The van der Waals surface area contributed by atoms with Gasteiger partial charge in [0.05, 0.1) is 4.88 Å². The molecular weight excluding hydrogens is 307 g/mol. The van der Waals surface area contributed by atoms with E-state index in [1.807, 2.05) is 6.07 Å². The molecule has 0 spiro atoms. The van der Waals surface area contributed by atoms with Crippen molar-refractivity contribution in [3.05, 3.63) is 56.0 Å². The van der Waals surface area contributed by atoms with Gasteiger partial charge in [-0.05, 0) is 61.1 Å². The van der Waals surface area contributed by atoms with Gasteiger partial charge >= 0.3 is 0 Å². The predicted octanol–water partition coefficient (Wildman–Crippen LogP) is 5.23. The number of hydrogen-bond donors (Lipinski definition) is 0. The topological polar surface area (TPSA) is 17.1 Å². The van der Waals surface area contributed by atoms with Gasteiger partial charge in [0.2, 0.25) is 0 Å². The Morgan fingerprint density at radius 1 is 1.19 bits per heavy atom. The van der Waals surface area contributed by atoms with Gasteiger partial charge in [-0.25, -0.2) is 4.39 Å². The summed E-state index contributed by atoms with van der Waals surface area (Å²) in [6, 6.07) is 6.36. The van der Waals surface area contributed by atoms with E-state index in [2.05, 4.69) is 0 Å². The van der Waals surface area contributed by atoms with Crippen LogP contribution in [0.2, 0.25) is 5.02 Å². The molecule has 4 heteroatoms. The first-order valence-electron chi connectivity index (χ1n) is 7.22. The molecule has 1 nitrogen and oxygen atoms in total. The van der Waals surface area contributed by atoms with E-state index in [0.717, 1.165) is 17.7 Å². The lowest BCUT2D eigenvalue weighted by molar-refractivity contribution is 0.0995. The SMILES string of the molecule is O=C(Cc1cc(Cl)ccc1F)c1cc2c(s1)CCCCC2. The second-order valence-corrected chi connectivity index (χ2v) is 7.03. The standard InChI is InChI=1S/C17H16ClFOS/c18-13-6-7-14(19)12(8-13)9-15(20)17-10-11-4-2-1-3-5-16(11)21-17/h6-8,10H,1-5,9H2. The van der Waals surface area contributed by atoms with Crippen molar-refractivity contribution in [1.82, 2.24) is 0 Å². The Kier molecular flexibility index (Phi) is 4.41. The van der Waals surface area contributed by atoms with Crippen molar-refractivity contribution in [2.75, 3.05) is 0 Å². The van der Waals surface area contributed by atoms with Gasteiger partial charge in [0.25, 0.3) is 0 Å². The molecule has 0 amide bonds. The average molecular weight is 323 g/mol. The maximum absolute atomic E-state index is 13.7. The maximum atomic E-state index is 13.7. The second-order valence-electron chi connectivity index (χ2n) is 5.46. The quantitative estimate of drug-likeness (QED) is 0.558. The number of carbonyl (C=O) groups excluding carboxylic acids is 1. The molecule has 0 saturated carbocycles. The number of halogens is 2. The van der Waals surface area contributed by atoms with Crippen LogP contribution in [0.4, 0.5) is 4.39 Å². The molecule has 110 valence electrons. The van der Waals surface area contributed by atoms with E-state index in [9.17, 15) is 9.18 Å². The largest absolute Gasteiger partial charge is 0.293 e. The Morgan fingerprint density at radius 2 is 2.00 bits per heavy atom. The Morgan fingerprint density at radius 3 is 2.86 bits per heavy atom. The van der Waals surface area contributed by atoms with Crippen LogP contribution in [0.1, 0.15) is 44.9 Å². The van der Waals surface area contributed by atoms with E-state index in [1.54, 1.807) is 11.3 Å². The molecule has 0 aliphatic heterocycles. The summed E-state index contributed by atoms with van der Waals surface area (Å²) in [6.45, 7) is 0. The van der Waals surface area contributed by atoms with Gasteiger partial charge in [-0.3, -0.25) is 4.79 Å². The lowest BCUT2D eigenvalue weighted by Gasteiger charge is -2.02. The van der Waals surface area contributed by atoms with Crippen LogP contribution >= 0.6 is 22.9 Å². The van der Waals surface area contributed by atoms with Crippen molar-refractivity contribution < 1.29 is 9.18 Å². The summed E-state index contributed by atoms with van der Waals surface area (Å²) in [4.78, 5) is 14.5. The summed E-state index contributed by atoms with van der Waals surface area (Å²) in [5.41, 5.74) is 1.68. The zero-order chi connectivity index (χ0) is 14.8. The Hall–Kier alpha value is -1.19. The molecule has 1 aromatic heterocycles. The first kappa shape index (κ1) is 14.7. The highest BCUT2D eigenvalue weighted by atomic mass is 35.5. The van der Waals surface area contributed by atoms with Crippen molar-refractivity contribution in [2.24, 2.45) is 0 Å². The number of benzene rings is 1. The fourth-order valence-corrected chi connectivity index (χ4v) is 4.13. The van der Waals surface area contributed by atoms with Crippen LogP contribution in [-0.2, 0) is 19.3 Å². The molecule has 3 rings (SSSR count). The van der Waals surface area contributed by atoms with Gasteiger partial charge in [-0.2, -0.15) is 0 Å². The van der Waals surface area contributed by atoms with Crippen LogP contribution in [0.3, 0.4) is 0 Å². The monoisotopic (exact) mass is 322 g/mol. The van der Waals surface area contributed by atoms with E-state index >= 15 is 0 Å². The van der Waals surface area contributed by atoms with Gasteiger partial charge in [0.1, 0.15) is 5.82 Å². The van der Waals surface area contributed by atoms with E-state index < -0.39 is 0 Å². The molecule has 1 aliphatic carbocycles. The van der Waals surface area contributed by atoms with Crippen LogP contribution in [0, 0.1) is 5.82 Å². The number of ketones is 1. The Balaban J connectivity index is 1.81. The molecule has 0 atom stereocenters. The summed E-state index contributed by atoms with van der Waals surface area (Å²) in [6.07, 6.45) is 5.86. The van der Waals surface area contributed by atoms with E-state index in [1.165, 1.54) is 47.9 Å². The molecule has 1 aromatic carbocycles. The molecule has 2 aromatic rings. The summed E-state index contributed by atoms with van der Waals surface area (Å²) in [7, 11) is 0. The third kappa shape index (κ3) is 3.35. The zero-order valence-electron chi connectivity index (χ0n) is 11.6. The number of hydrogen-bond acceptors (Lipinski definition) is 2. The first-order valence-corrected chi connectivity index (χ1v) is 8.41. The van der Waals surface area contributed by atoms with Gasteiger partial charge < -0.3 is 0 Å². The summed E-state index contributed by atoms with van der Waals surface area (Å²) in [5.74, 6) is -0.389. The van der Waals surface area contributed by atoms with E-state index in [-0.39, 0.29) is 18.0 Å². The normalized spacial score (nSPS) is 14.6. The number of rotatable bonds is 3. The molecule has 0 saturated heterocycles. The van der Waals surface area contributed by atoms with E-state index in [4.69, 9.17) is 11.6 Å². The van der Waals surface area contributed by atoms with Crippen LogP contribution < -0.4 is 0 Å². The van der Waals surface area contributed by atoms with Gasteiger partial charge in [-0.1, -0.05) is 18.0 Å². The third-order valence-corrected chi connectivity index (χ3v) is 5.39. The number of Topliss-reactive ketones (excluding diaryl/α,β-unsaturated/α-hetero) is 1. The first-order chi connectivity index (χ1) is 10.1. The van der Waals surface area contributed by atoms with Crippen molar-refractivity contribution in [3.63, 3.8) is 0 Å².